The van der Waals surface area contributed by atoms with Crippen molar-refractivity contribution in [2.45, 2.75) is 13.5 Å². The summed E-state index contributed by atoms with van der Waals surface area (Å²) in [5, 5.41) is 13.6. The lowest BCUT2D eigenvalue weighted by atomic mass is 10.2. The number of anilines is 2. The zero-order valence-electron chi connectivity index (χ0n) is 19.2. The second-order valence-corrected chi connectivity index (χ2v) is 8.41. The van der Waals surface area contributed by atoms with Gasteiger partial charge in [0.1, 0.15) is 11.6 Å². The Morgan fingerprint density at radius 1 is 0.969 bits per heavy atom. The van der Waals surface area contributed by atoms with Crippen molar-refractivity contribution < 1.29 is 5.11 Å². The molecule has 4 rings (SSSR count). The van der Waals surface area contributed by atoms with Crippen LogP contribution in [0, 0.1) is 0 Å². The SMILES string of the molecule is CCNC(=NCc1cccnc1N1CCN(C)CC1)N1CCN(c2ccccc2O)CC1. The first-order valence-electron chi connectivity index (χ1n) is 11.6. The molecule has 0 unspecified atom stereocenters. The molecule has 2 N–H and O–H groups in total. The van der Waals surface area contributed by atoms with Crippen LogP contribution in [0.1, 0.15) is 12.5 Å². The Labute approximate surface area is 191 Å². The van der Waals surface area contributed by atoms with E-state index in [1.807, 2.05) is 30.5 Å². The average molecular weight is 438 g/mol. The molecule has 2 aromatic rings. The number of hydrogen-bond donors (Lipinski definition) is 2. The third-order valence-electron chi connectivity index (χ3n) is 6.21. The summed E-state index contributed by atoms with van der Waals surface area (Å²) < 4.78 is 0. The van der Waals surface area contributed by atoms with Gasteiger partial charge in [-0.1, -0.05) is 18.2 Å². The number of aromatic hydroxyl groups is 1. The van der Waals surface area contributed by atoms with Crippen molar-refractivity contribution in [3.05, 3.63) is 48.2 Å². The molecule has 172 valence electrons. The monoisotopic (exact) mass is 437 g/mol. The molecule has 0 bridgehead atoms. The molecule has 2 aliphatic heterocycles. The lowest BCUT2D eigenvalue weighted by molar-refractivity contribution is 0.312. The second-order valence-electron chi connectivity index (χ2n) is 8.41. The van der Waals surface area contributed by atoms with E-state index in [0.717, 1.165) is 76.4 Å². The van der Waals surface area contributed by atoms with Gasteiger partial charge in [0.25, 0.3) is 0 Å². The van der Waals surface area contributed by atoms with Crippen LogP contribution >= 0.6 is 0 Å². The normalized spacial score (nSPS) is 18.2. The smallest absolute Gasteiger partial charge is 0.194 e. The van der Waals surface area contributed by atoms with E-state index < -0.39 is 0 Å². The quantitative estimate of drug-likeness (QED) is 0.546. The number of aliphatic imine (C=N–C) groups is 1. The predicted molar refractivity (Wildman–Crippen MR) is 131 cm³/mol. The first-order valence-corrected chi connectivity index (χ1v) is 11.6. The first-order chi connectivity index (χ1) is 15.7. The molecule has 1 aromatic carbocycles. The van der Waals surface area contributed by atoms with Crippen LogP contribution in [0.5, 0.6) is 5.75 Å². The van der Waals surface area contributed by atoms with Crippen LogP contribution in [0.4, 0.5) is 11.5 Å². The minimum atomic E-state index is 0.342. The summed E-state index contributed by atoms with van der Waals surface area (Å²) in [7, 11) is 2.17. The second kappa shape index (κ2) is 10.5. The number of rotatable bonds is 5. The molecular formula is C24H35N7O. The summed E-state index contributed by atoms with van der Waals surface area (Å²) in [6.45, 7) is 11.1. The Balaban J connectivity index is 1.43. The van der Waals surface area contributed by atoms with Gasteiger partial charge in [0, 0.05) is 70.7 Å². The van der Waals surface area contributed by atoms with Crippen LogP contribution in [0.25, 0.3) is 0 Å². The number of nitrogens with zero attached hydrogens (tertiary/aromatic N) is 6. The van der Waals surface area contributed by atoms with Gasteiger partial charge in [-0.25, -0.2) is 9.98 Å². The van der Waals surface area contributed by atoms with E-state index in [1.54, 1.807) is 6.07 Å². The van der Waals surface area contributed by atoms with Crippen molar-refractivity contribution in [2.75, 3.05) is 75.8 Å². The molecule has 0 amide bonds. The number of hydrogen-bond acceptors (Lipinski definition) is 6. The summed E-state index contributed by atoms with van der Waals surface area (Å²) in [4.78, 5) is 19.0. The molecule has 0 aliphatic carbocycles. The number of guanidine groups is 1. The van der Waals surface area contributed by atoms with Gasteiger partial charge in [0.05, 0.1) is 12.2 Å². The van der Waals surface area contributed by atoms with Gasteiger partial charge < -0.3 is 30.0 Å². The van der Waals surface area contributed by atoms with Crippen LogP contribution in [0.15, 0.2) is 47.6 Å². The van der Waals surface area contributed by atoms with Gasteiger partial charge in [0.15, 0.2) is 5.96 Å². The average Bonchev–Trinajstić information content (AvgIpc) is 2.83. The standard InChI is InChI=1S/C24H35N7O/c1-3-25-24(31-17-15-29(16-18-31)21-8-4-5-9-22(21)32)27-19-20-7-6-10-26-23(20)30-13-11-28(2)12-14-30/h4-10,32H,3,11-19H2,1-2H3,(H,25,27). The molecule has 0 atom stereocenters. The Bertz CT molecular complexity index is 903. The van der Waals surface area contributed by atoms with Crippen LogP contribution in [-0.2, 0) is 6.54 Å². The third kappa shape index (κ3) is 5.24. The fraction of sp³-hybridized carbons (Fsp3) is 0.500. The van der Waals surface area contributed by atoms with E-state index in [1.165, 1.54) is 5.56 Å². The maximum atomic E-state index is 10.2. The van der Waals surface area contributed by atoms with Crippen molar-refractivity contribution in [1.82, 2.24) is 20.1 Å². The number of likely N-dealkylation sites (N-methyl/N-ethyl adjacent to an activating group) is 1. The number of aromatic nitrogens is 1. The van der Waals surface area contributed by atoms with Gasteiger partial charge in [-0.2, -0.15) is 0 Å². The maximum absolute atomic E-state index is 10.2. The summed E-state index contributed by atoms with van der Waals surface area (Å²) in [6, 6.07) is 11.7. The molecule has 2 fully saturated rings. The summed E-state index contributed by atoms with van der Waals surface area (Å²) in [5.74, 6) is 2.34. The molecule has 8 nitrogen and oxygen atoms in total. The highest BCUT2D eigenvalue weighted by atomic mass is 16.3. The van der Waals surface area contributed by atoms with E-state index in [9.17, 15) is 5.11 Å². The van der Waals surface area contributed by atoms with Gasteiger partial charge in [-0.3, -0.25) is 0 Å². The van der Waals surface area contributed by atoms with Gasteiger partial charge in [0.2, 0.25) is 0 Å². The Kier molecular flexibility index (Phi) is 7.32. The molecule has 32 heavy (non-hydrogen) atoms. The molecular weight excluding hydrogens is 402 g/mol. The van der Waals surface area contributed by atoms with E-state index in [4.69, 9.17) is 4.99 Å². The van der Waals surface area contributed by atoms with Gasteiger partial charge >= 0.3 is 0 Å². The molecule has 0 saturated carbocycles. The van der Waals surface area contributed by atoms with Crippen LogP contribution in [0.2, 0.25) is 0 Å². The maximum Gasteiger partial charge on any atom is 0.194 e. The number of benzene rings is 1. The summed E-state index contributed by atoms with van der Waals surface area (Å²) in [5.41, 5.74) is 2.07. The minimum absolute atomic E-state index is 0.342. The number of phenolic OH excluding ortho intramolecular Hbond substituents is 1. The highest BCUT2D eigenvalue weighted by molar-refractivity contribution is 5.80. The zero-order valence-corrected chi connectivity index (χ0v) is 19.2. The summed E-state index contributed by atoms with van der Waals surface area (Å²) >= 11 is 0. The number of phenols is 1. The topological polar surface area (TPSA) is 70.5 Å². The summed E-state index contributed by atoms with van der Waals surface area (Å²) in [6.07, 6.45) is 1.88. The number of piperazine rings is 2. The van der Waals surface area contributed by atoms with Gasteiger partial charge in [-0.15, -0.1) is 0 Å². The van der Waals surface area contributed by atoms with Crippen molar-refractivity contribution in [3.8, 4) is 5.75 Å². The number of pyridine rings is 1. The molecule has 8 heteroatoms. The zero-order chi connectivity index (χ0) is 22.3. The van der Waals surface area contributed by atoms with Gasteiger partial charge in [-0.05, 0) is 32.2 Å². The fourth-order valence-corrected chi connectivity index (χ4v) is 4.33. The molecule has 1 aromatic heterocycles. The molecule has 0 spiro atoms. The highest BCUT2D eigenvalue weighted by Crippen LogP contribution is 2.27. The third-order valence-corrected chi connectivity index (χ3v) is 6.21. The Morgan fingerprint density at radius 3 is 2.41 bits per heavy atom. The first kappa shape index (κ1) is 22.2. The molecule has 2 aliphatic rings. The van der Waals surface area contributed by atoms with E-state index in [0.29, 0.717) is 12.3 Å². The Morgan fingerprint density at radius 2 is 1.69 bits per heavy atom. The highest BCUT2D eigenvalue weighted by Gasteiger charge is 2.22. The Hall–Kier alpha value is -3.00. The lowest BCUT2D eigenvalue weighted by Gasteiger charge is -2.38. The van der Waals surface area contributed by atoms with Crippen molar-refractivity contribution in [2.24, 2.45) is 4.99 Å². The molecule has 3 heterocycles. The number of para-hydroxylation sites is 2. The van der Waals surface area contributed by atoms with E-state index >= 15 is 0 Å². The van der Waals surface area contributed by atoms with Crippen molar-refractivity contribution in [1.29, 1.82) is 0 Å². The number of nitrogens with one attached hydrogen (secondary N) is 1. The van der Waals surface area contributed by atoms with Crippen molar-refractivity contribution >= 4 is 17.5 Å². The molecule has 2 saturated heterocycles. The fourth-order valence-electron chi connectivity index (χ4n) is 4.33. The van der Waals surface area contributed by atoms with E-state index in [2.05, 4.69) is 49.9 Å². The largest absolute Gasteiger partial charge is 0.506 e. The lowest BCUT2D eigenvalue weighted by Crippen LogP contribution is -2.52. The van der Waals surface area contributed by atoms with Crippen LogP contribution in [-0.4, -0.2) is 91.8 Å². The van der Waals surface area contributed by atoms with Crippen LogP contribution in [0.3, 0.4) is 0 Å². The minimum Gasteiger partial charge on any atom is -0.506 e. The van der Waals surface area contributed by atoms with E-state index in [-0.39, 0.29) is 0 Å². The van der Waals surface area contributed by atoms with Crippen molar-refractivity contribution in [3.63, 3.8) is 0 Å². The molecule has 0 radical (unpaired) electrons. The van der Waals surface area contributed by atoms with Crippen LogP contribution < -0.4 is 15.1 Å². The predicted octanol–water partition coefficient (Wildman–Crippen LogP) is 1.83.